The molecule has 0 radical (unpaired) electrons. The number of halogens is 2. The first kappa shape index (κ1) is 23.5. The molecule has 0 spiro atoms. The number of benzene rings is 1. The number of rotatable bonds is 8. The predicted molar refractivity (Wildman–Crippen MR) is 114 cm³/mol. The van der Waals surface area contributed by atoms with Gasteiger partial charge in [-0.3, -0.25) is 0 Å². The van der Waals surface area contributed by atoms with E-state index in [1.54, 1.807) is 6.92 Å². The second-order valence-corrected chi connectivity index (χ2v) is 9.16. The van der Waals surface area contributed by atoms with Gasteiger partial charge in [0.05, 0.1) is 28.8 Å². The van der Waals surface area contributed by atoms with Crippen LogP contribution in [0.5, 0.6) is 0 Å². The van der Waals surface area contributed by atoms with E-state index in [9.17, 15) is 18.8 Å². The summed E-state index contributed by atoms with van der Waals surface area (Å²) in [5.74, 6) is 0.586. The van der Waals surface area contributed by atoms with E-state index in [0.717, 1.165) is 0 Å². The maximum absolute atomic E-state index is 11.7. The van der Waals surface area contributed by atoms with Gasteiger partial charge in [0.1, 0.15) is 16.8 Å². The maximum atomic E-state index is 11.7. The van der Waals surface area contributed by atoms with Crippen LogP contribution in [0.4, 0.5) is 17.5 Å². The molecule has 0 fully saturated rings. The fraction of sp³-hybridized carbons (Fsp3) is 0.312. The molecule has 1 aromatic carbocycles. The minimum absolute atomic E-state index is 0.130. The van der Waals surface area contributed by atoms with Crippen LogP contribution in [0.25, 0.3) is 0 Å². The molecule has 0 unspecified atom stereocenters. The number of primary sulfonamides is 1. The molecule has 5 N–H and O–H groups in total. The van der Waals surface area contributed by atoms with Gasteiger partial charge in [-0.2, -0.15) is 10.2 Å². The summed E-state index contributed by atoms with van der Waals surface area (Å²) in [5.41, 5.74) is 0.243. The summed E-state index contributed by atoms with van der Waals surface area (Å²) in [4.78, 5) is 8.18. The van der Waals surface area contributed by atoms with E-state index in [-0.39, 0.29) is 27.5 Å². The van der Waals surface area contributed by atoms with E-state index < -0.39 is 22.2 Å². The summed E-state index contributed by atoms with van der Waals surface area (Å²) >= 11 is 6.47. The Kier molecular flexibility index (Phi) is 7.92. The van der Waals surface area contributed by atoms with E-state index in [0.29, 0.717) is 16.0 Å². The van der Waals surface area contributed by atoms with Crippen LogP contribution in [0.1, 0.15) is 12.5 Å². The zero-order chi connectivity index (χ0) is 21.8. The van der Waals surface area contributed by atoms with Crippen molar-refractivity contribution >= 4 is 59.3 Å². The first-order valence-corrected chi connectivity index (χ1v) is 11.2. The van der Waals surface area contributed by atoms with Gasteiger partial charge in [0.2, 0.25) is 16.0 Å². The van der Waals surface area contributed by atoms with Crippen LogP contribution in [0.3, 0.4) is 0 Å². The van der Waals surface area contributed by atoms with Crippen molar-refractivity contribution in [3.63, 3.8) is 0 Å². The summed E-state index contributed by atoms with van der Waals surface area (Å²) < 4.78 is 29.2. The highest BCUT2D eigenvalue weighted by Crippen LogP contribution is 2.30. The van der Waals surface area contributed by atoms with Crippen LogP contribution in [-0.4, -0.2) is 49.4 Å². The number of nitrogens with one attached hydrogen (secondary N) is 2. The number of aliphatic hydroxyl groups is 1. The van der Waals surface area contributed by atoms with Crippen LogP contribution in [0, 0.1) is 11.3 Å². The number of nitriles is 1. The average Bonchev–Trinajstić information content (AvgIpc) is 2.62. The molecule has 2 rings (SSSR count). The summed E-state index contributed by atoms with van der Waals surface area (Å²) in [7, 11) is -2.56. The lowest BCUT2D eigenvalue weighted by Crippen LogP contribution is -2.36. The Morgan fingerprint density at radius 3 is 2.62 bits per heavy atom. The smallest absolute Gasteiger partial charge is 0.240 e. The molecule has 0 bridgehead atoms. The molecule has 2 atom stereocenters. The minimum Gasteiger partial charge on any atom is -0.391 e. The van der Waals surface area contributed by atoms with Crippen LogP contribution in [0.2, 0.25) is 0 Å². The van der Waals surface area contributed by atoms with Gasteiger partial charge < -0.3 is 20.5 Å². The van der Waals surface area contributed by atoms with Crippen LogP contribution in [0.15, 0.2) is 32.2 Å². The lowest BCUT2D eigenvalue weighted by atomic mass is 10.2. The summed E-state index contributed by atoms with van der Waals surface area (Å²) in [6.07, 6.45) is 0.802. The van der Waals surface area contributed by atoms with Crippen molar-refractivity contribution < 1.29 is 18.3 Å². The second-order valence-electron chi connectivity index (χ2n) is 5.95. The Bertz CT molecular complexity index is 1040. The lowest BCUT2D eigenvalue weighted by molar-refractivity contribution is 0.106. The molecule has 0 saturated heterocycles. The van der Waals surface area contributed by atoms with Gasteiger partial charge in [0.15, 0.2) is 0 Å². The molecule has 0 aliphatic rings. The third kappa shape index (κ3) is 6.08. The van der Waals surface area contributed by atoms with Gasteiger partial charge in [-0.1, -0.05) is 0 Å². The number of sulfonamides is 1. The average molecular weight is 550 g/mol. The highest BCUT2D eigenvalue weighted by atomic mass is 79.9. The van der Waals surface area contributed by atoms with Gasteiger partial charge in [-0.25, -0.2) is 18.5 Å². The zero-order valence-electron chi connectivity index (χ0n) is 15.3. The number of nitrogens with zero attached hydrogens (tertiary/aromatic N) is 3. The lowest BCUT2D eigenvalue weighted by Gasteiger charge is -2.22. The number of hydrogen-bond acceptors (Lipinski definition) is 9. The number of methoxy groups -OCH3 is 1. The maximum Gasteiger partial charge on any atom is 0.240 e. The molecule has 29 heavy (non-hydrogen) atoms. The number of nitrogens with two attached hydrogens (primary N) is 1. The summed E-state index contributed by atoms with van der Waals surface area (Å²) in [5, 5.41) is 30.3. The third-order valence-corrected chi connectivity index (χ3v) is 6.18. The van der Waals surface area contributed by atoms with Crippen molar-refractivity contribution in [3.8, 4) is 6.07 Å². The van der Waals surface area contributed by atoms with Crippen LogP contribution >= 0.6 is 31.9 Å². The van der Waals surface area contributed by atoms with Crippen molar-refractivity contribution in [2.24, 2.45) is 5.14 Å². The topological polar surface area (TPSA) is 163 Å². The first-order chi connectivity index (χ1) is 13.6. The molecule has 0 amide bonds. The van der Waals surface area contributed by atoms with Crippen LogP contribution < -0.4 is 15.8 Å². The first-order valence-electron chi connectivity index (χ1n) is 8.06. The quantitative estimate of drug-likeness (QED) is 0.386. The van der Waals surface area contributed by atoms with E-state index in [2.05, 4.69) is 52.5 Å². The Balaban J connectivity index is 2.36. The molecule has 156 valence electrons. The van der Waals surface area contributed by atoms with Gasteiger partial charge >= 0.3 is 0 Å². The van der Waals surface area contributed by atoms with Crippen molar-refractivity contribution in [2.45, 2.75) is 24.0 Å². The standard InChI is InChI=1S/C16H18Br2N6O4S/c1-8(25)13(7-28-2)23-15-12(18)6-21-16(24-15)22-10-3-9(5-19)14(11(17)4-10)29(20,26)27/h3-4,6,8,13,25H,7H2,1-2H3,(H2,20,26,27)(H2,21,22,23,24)/t8-,13-/m1/s1. The molecule has 10 nitrogen and oxygen atoms in total. The van der Waals surface area contributed by atoms with Gasteiger partial charge in [0, 0.05) is 23.5 Å². The Labute approximate surface area is 184 Å². The molecular formula is C16H18Br2N6O4S. The molecule has 0 aliphatic carbocycles. The second kappa shape index (κ2) is 9.79. The number of aliphatic hydroxyl groups excluding tert-OH is 1. The highest BCUT2D eigenvalue weighted by Gasteiger charge is 2.20. The van der Waals surface area contributed by atoms with Crippen molar-refractivity contribution in [2.75, 3.05) is 24.4 Å². The normalized spacial score (nSPS) is 13.4. The van der Waals surface area contributed by atoms with E-state index in [4.69, 9.17) is 9.88 Å². The van der Waals surface area contributed by atoms with Crippen molar-refractivity contribution in [1.29, 1.82) is 5.26 Å². The molecule has 0 saturated carbocycles. The largest absolute Gasteiger partial charge is 0.391 e. The molecular weight excluding hydrogens is 532 g/mol. The predicted octanol–water partition coefficient (Wildman–Crippen LogP) is 2.07. The highest BCUT2D eigenvalue weighted by molar-refractivity contribution is 9.10. The fourth-order valence-corrected chi connectivity index (χ4v) is 4.54. The molecule has 0 aliphatic heterocycles. The Morgan fingerprint density at radius 1 is 1.38 bits per heavy atom. The summed E-state index contributed by atoms with van der Waals surface area (Å²) in [6.45, 7) is 1.88. The van der Waals surface area contributed by atoms with Gasteiger partial charge in [-0.05, 0) is 50.9 Å². The SMILES string of the molecule is COC[C@@H](Nc1nc(Nc2cc(Br)c(S(N)(=O)=O)c(C#N)c2)ncc1Br)[C@@H](C)O. The molecule has 1 aromatic heterocycles. The third-order valence-electron chi connectivity index (χ3n) is 3.70. The van der Waals surface area contributed by atoms with E-state index in [1.807, 2.05) is 6.07 Å². The minimum atomic E-state index is -4.09. The Morgan fingerprint density at radius 2 is 2.07 bits per heavy atom. The number of anilines is 3. The monoisotopic (exact) mass is 548 g/mol. The fourth-order valence-electron chi connectivity index (χ4n) is 2.35. The summed E-state index contributed by atoms with van der Waals surface area (Å²) in [6, 6.07) is 4.17. The van der Waals surface area contributed by atoms with Gasteiger partial charge in [-0.15, -0.1) is 0 Å². The van der Waals surface area contributed by atoms with Crippen molar-refractivity contribution in [1.82, 2.24) is 9.97 Å². The molecule has 13 heteroatoms. The zero-order valence-corrected chi connectivity index (χ0v) is 19.3. The number of hydrogen-bond donors (Lipinski definition) is 4. The number of ether oxygens (including phenoxy) is 1. The van der Waals surface area contributed by atoms with E-state index >= 15 is 0 Å². The molecule has 2 aromatic rings. The van der Waals surface area contributed by atoms with E-state index in [1.165, 1.54) is 25.4 Å². The van der Waals surface area contributed by atoms with Crippen LogP contribution in [-0.2, 0) is 14.8 Å². The number of aromatic nitrogens is 2. The van der Waals surface area contributed by atoms with Crippen molar-refractivity contribution in [3.05, 3.63) is 32.8 Å². The molecule has 1 heterocycles. The van der Waals surface area contributed by atoms with Gasteiger partial charge in [0.25, 0.3) is 0 Å². The Hall–Kier alpha value is -1.82.